The van der Waals surface area contributed by atoms with Gasteiger partial charge in [0, 0.05) is 36.1 Å². The van der Waals surface area contributed by atoms with Gasteiger partial charge in [-0.05, 0) is 61.4 Å². The van der Waals surface area contributed by atoms with Crippen molar-refractivity contribution in [2.24, 2.45) is 5.92 Å². The summed E-state index contributed by atoms with van der Waals surface area (Å²) in [7, 11) is 3.26. The van der Waals surface area contributed by atoms with Gasteiger partial charge in [0.05, 0.1) is 19.7 Å². The summed E-state index contributed by atoms with van der Waals surface area (Å²) in [5.74, 6) is 1.35. The normalized spacial score (nSPS) is 18.6. The second kappa shape index (κ2) is 9.65. The van der Waals surface area contributed by atoms with Crippen LogP contribution in [0.5, 0.6) is 11.5 Å². The minimum atomic E-state index is -0.914. The van der Waals surface area contributed by atoms with Crippen molar-refractivity contribution in [2.75, 3.05) is 14.2 Å². The van der Waals surface area contributed by atoms with Crippen molar-refractivity contribution in [1.82, 2.24) is 9.88 Å². The summed E-state index contributed by atoms with van der Waals surface area (Å²) in [5, 5.41) is 14.8. The summed E-state index contributed by atoms with van der Waals surface area (Å²) in [4.78, 5) is 12.5. The van der Waals surface area contributed by atoms with Crippen LogP contribution >= 0.6 is 0 Å². The largest absolute Gasteiger partial charge is 0.497 e. The number of methoxy groups -OCH3 is 2. The minimum Gasteiger partial charge on any atom is -0.497 e. The highest BCUT2D eigenvalue weighted by Gasteiger charge is 2.24. The second-order valence-corrected chi connectivity index (χ2v) is 8.79. The first-order valence-corrected chi connectivity index (χ1v) is 11.3. The van der Waals surface area contributed by atoms with Gasteiger partial charge in [-0.25, -0.2) is 4.79 Å². The zero-order valence-corrected chi connectivity index (χ0v) is 19.1. The van der Waals surface area contributed by atoms with Gasteiger partial charge in [0.15, 0.2) is 0 Å². The molecule has 1 heterocycles. The van der Waals surface area contributed by atoms with Crippen LogP contribution in [0.25, 0.3) is 10.9 Å². The molecule has 0 radical (unpaired) electrons. The predicted octanol–water partition coefficient (Wildman–Crippen LogP) is 5.07. The predicted molar refractivity (Wildman–Crippen MR) is 126 cm³/mol. The summed E-state index contributed by atoms with van der Waals surface area (Å²) in [6.45, 7) is 3.30. The number of hydrogen-bond donors (Lipinski definition) is 2. The Kier molecular flexibility index (Phi) is 6.70. The van der Waals surface area contributed by atoms with Crippen LogP contribution in [0.4, 0.5) is 0 Å². The molecule has 0 aliphatic heterocycles. The number of fused-ring (bicyclic) bond motifs is 1. The number of aromatic nitrogens is 1. The number of hydrogen-bond acceptors (Lipinski definition) is 4. The fourth-order valence-electron chi connectivity index (χ4n) is 4.74. The van der Waals surface area contributed by atoms with E-state index in [1.165, 1.54) is 12.8 Å². The van der Waals surface area contributed by atoms with Gasteiger partial charge in [-0.2, -0.15) is 0 Å². The Morgan fingerprint density at radius 1 is 1.03 bits per heavy atom. The van der Waals surface area contributed by atoms with E-state index in [0.29, 0.717) is 30.6 Å². The Balaban J connectivity index is 1.72. The van der Waals surface area contributed by atoms with Crippen LogP contribution in [-0.4, -0.2) is 35.9 Å². The Morgan fingerprint density at radius 3 is 2.31 bits per heavy atom. The summed E-state index contributed by atoms with van der Waals surface area (Å²) in [6, 6.07) is 14.0. The van der Waals surface area contributed by atoms with Crippen molar-refractivity contribution in [3.8, 4) is 11.5 Å². The molecule has 0 amide bonds. The molecule has 2 aromatic carbocycles. The number of aromatic carboxylic acids is 1. The first-order chi connectivity index (χ1) is 15.5. The molecule has 1 aromatic heterocycles. The molecular formula is C26H32N2O4. The van der Waals surface area contributed by atoms with Crippen LogP contribution in [0.2, 0.25) is 0 Å². The molecule has 6 heteroatoms. The minimum absolute atomic E-state index is 0.334. The molecule has 0 saturated heterocycles. The van der Waals surface area contributed by atoms with E-state index in [-0.39, 0.29) is 0 Å². The smallest absolute Gasteiger partial charge is 0.352 e. The van der Waals surface area contributed by atoms with Crippen LogP contribution in [0.1, 0.15) is 54.2 Å². The molecule has 1 fully saturated rings. The number of carboxylic acids is 1. The first-order valence-electron chi connectivity index (χ1n) is 11.3. The molecule has 0 bridgehead atoms. The van der Waals surface area contributed by atoms with Crippen molar-refractivity contribution < 1.29 is 19.4 Å². The van der Waals surface area contributed by atoms with E-state index in [2.05, 4.69) is 12.2 Å². The first kappa shape index (κ1) is 22.2. The van der Waals surface area contributed by atoms with Crippen molar-refractivity contribution in [3.05, 3.63) is 59.3 Å². The van der Waals surface area contributed by atoms with Gasteiger partial charge in [-0.3, -0.25) is 0 Å². The van der Waals surface area contributed by atoms with E-state index < -0.39 is 5.97 Å². The summed E-state index contributed by atoms with van der Waals surface area (Å²) < 4.78 is 12.6. The monoisotopic (exact) mass is 436 g/mol. The summed E-state index contributed by atoms with van der Waals surface area (Å²) >= 11 is 0. The highest BCUT2D eigenvalue weighted by atomic mass is 16.5. The number of nitrogens with zero attached hydrogens (tertiary/aromatic N) is 1. The lowest BCUT2D eigenvalue weighted by molar-refractivity contribution is 0.0684. The van der Waals surface area contributed by atoms with Crippen molar-refractivity contribution in [3.63, 3.8) is 0 Å². The van der Waals surface area contributed by atoms with Crippen LogP contribution in [0, 0.1) is 5.92 Å². The molecule has 1 aliphatic rings. The maximum absolute atomic E-state index is 12.5. The van der Waals surface area contributed by atoms with Gasteiger partial charge in [0.2, 0.25) is 0 Å². The van der Waals surface area contributed by atoms with Gasteiger partial charge in [0.1, 0.15) is 17.2 Å². The van der Waals surface area contributed by atoms with E-state index in [1.54, 1.807) is 14.2 Å². The van der Waals surface area contributed by atoms with Crippen LogP contribution in [-0.2, 0) is 13.1 Å². The number of benzene rings is 2. The van der Waals surface area contributed by atoms with Gasteiger partial charge < -0.3 is 24.5 Å². The molecule has 0 atom stereocenters. The standard InChI is InChI=1S/C26H32N2O4/c1-17-4-8-19(9-5-17)27-15-23-22-13-12-21(32-3)14-24(22)28(25(23)26(29)30)16-18-6-10-20(31-2)11-7-18/h6-7,10-14,17,19,27H,4-5,8-9,15-16H2,1-3H3,(H,29,30). The average Bonchev–Trinajstić information content (AvgIpc) is 3.11. The molecule has 1 saturated carbocycles. The lowest BCUT2D eigenvalue weighted by Crippen LogP contribution is -2.32. The highest BCUT2D eigenvalue weighted by molar-refractivity contribution is 5.98. The van der Waals surface area contributed by atoms with Crippen LogP contribution < -0.4 is 14.8 Å². The number of ether oxygens (including phenoxy) is 2. The Hall–Kier alpha value is -2.99. The fourth-order valence-corrected chi connectivity index (χ4v) is 4.74. The highest BCUT2D eigenvalue weighted by Crippen LogP contribution is 2.32. The molecule has 4 rings (SSSR count). The third-order valence-electron chi connectivity index (χ3n) is 6.66. The maximum atomic E-state index is 12.5. The number of carboxylic acid groups (broad SMARTS) is 1. The van der Waals surface area contributed by atoms with Crippen molar-refractivity contribution in [2.45, 2.75) is 51.7 Å². The summed E-state index contributed by atoms with van der Waals surface area (Å²) in [5.41, 5.74) is 3.04. The fraction of sp³-hybridized carbons (Fsp3) is 0.423. The van der Waals surface area contributed by atoms with Crippen LogP contribution in [0.15, 0.2) is 42.5 Å². The number of nitrogens with one attached hydrogen (secondary N) is 1. The van der Waals surface area contributed by atoms with Crippen molar-refractivity contribution in [1.29, 1.82) is 0 Å². The number of rotatable bonds is 8. The van der Waals surface area contributed by atoms with Gasteiger partial charge in [-0.15, -0.1) is 0 Å². The average molecular weight is 437 g/mol. The van der Waals surface area contributed by atoms with E-state index in [4.69, 9.17) is 9.47 Å². The molecule has 170 valence electrons. The molecule has 3 aromatic rings. The topological polar surface area (TPSA) is 72.7 Å². The Morgan fingerprint density at radius 2 is 1.69 bits per heavy atom. The van der Waals surface area contributed by atoms with E-state index >= 15 is 0 Å². The maximum Gasteiger partial charge on any atom is 0.352 e. The zero-order chi connectivity index (χ0) is 22.7. The van der Waals surface area contributed by atoms with Gasteiger partial charge in [-0.1, -0.05) is 19.1 Å². The van der Waals surface area contributed by atoms with Crippen molar-refractivity contribution >= 4 is 16.9 Å². The van der Waals surface area contributed by atoms with Gasteiger partial charge >= 0.3 is 5.97 Å². The molecule has 32 heavy (non-hydrogen) atoms. The van der Waals surface area contributed by atoms with Crippen LogP contribution in [0.3, 0.4) is 0 Å². The molecule has 6 nitrogen and oxygen atoms in total. The third kappa shape index (κ3) is 4.60. The van der Waals surface area contributed by atoms with E-state index in [1.807, 2.05) is 47.0 Å². The molecular weight excluding hydrogens is 404 g/mol. The lowest BCUT2D eigenvalue weighted by Gasteiger charge is -2.27. The third-order valence-corrected chi connectivity index (χ3v) is 6.66. The van der Waals surface area contributed by atoms with E-state index in [9.17, 15) is 9.90 Å². The second-order valence-electron chi connectivity index (χ2n) is 8.79. The van der Waals surface area contributed by atoms with Gasteiger partial charge in [0.25, 0.3) is 0 Å². The molecule has 1 aliphatic carbocycles. The zero-order valence-electron chi connectivity index (χ0n) is 19.1. The Bertz CT molecular complexity index is 1080. The number of carbonyl (C=O) groups is 1. The molecule has 0 unspecified atom stereocenters. The lowest BCUT2D eigenvalue weighted by atomic mass is 9.87. The quantitative estimate of drug-likeness (QED) is 0.516. The SMILES string of the molecule is COc1ccc(Cn2c(C(=O)O)c(CNC3CCC(C)CC3)c3ccc(OC)cc32)cc1. The summed E-state index contributed by atoms with van der Waals surface area (Å²) in [6.07, 6.45) is 4.73. The van der Waals surface area contributed by atoms with E-state index in [0.717, 1.165) is 46.5 Å². The molecule has 0 spiro atoms. The molecule has 2 N–H and O–H groups in total. The Labute approximate surface area is 189 Å².